The predicted molar refractivity (Wildman–Crippen MR) is 78.9 cm³/mol. The van der Waals surface area contributed by atoms with E-state index in [2.05, 4.69) is 31.1 Å². The number of hydrogen-bond acceptors (Lipinski definition) is 2. The van der Waals surface area contributed by atoms with Gasteiger partial charge in [0.25, 0.3) is 0 Å². The zero-order valence-corrected chi connectivity index (χ0v) is 12.7. The maximum Gasteiger partial charge on any atom is 0.00926 e. The molecule has 1 aliphatic carbocycles. The quantitative estimate of drug-likeness (QED) is 0.806. The first-order chi connectivity index (χ1) is 8.57. The summed E-state index contributed by atoms with van der Waals surface area (Å²) < 4.78 is 0. The van der Waals surface area contributed by atoms with E-state index in [1.54, 1.807) is 0 Å². The van der Waals surface area contributed by atoms with E-state index in [-0.39, 0.29) is 0 Å². The SMILES string of the molecule is CN(CCCC1CCCN1)C1CCC(C)(C)CC1. The molecule has 0 aromatic carbocycles. The molecule has 1 unspecified atom stereocenters. The van der Waals surface area contributed by atoms with Gasteiger partial charge in [-0.05, 0) is 76.9 Å². The van der Waals surface area contributed by atoms with Gasteiger partial charge in [0.2, 0.25) is 0 Å². The topological polar surface area (TPSA) is 15.3 Å². The lowest BCUT2D eigenvalue weighted by Gasteiger charge is -2.38. The van der Waals surface area contributed by atoms with E-state index in [1.807, 2.05) is 0 Å². The monoisotopic (exact) mass is 252 g/mol. The molecular formula is C16H32N2. The molecule has 0 bridgehead atoms. The van der Waals surface area contributed by atoms with E-state index in [4.69, 9.17) is 0 Å². The molecule has 2 aliphatic rings. The molecule has 1 saturated heterocycles. The zero-order valence-electron chi connectivity index (χ0n) is 12.7. The third-order valence-corrected chi connectivity index (χ3v) is 5.16. The van der Waals surface area contributed by atoms with Gasteiger partial charge in [-0.2, -0.15) is 0 Å². The van der Waals surface area contributed by atoms with Gasteiger partial charge < -0.3 is 10.2 Å². The van der Waals surface area contributed by atoms with Gasteiger partial charge in [0.1, 0.15) is 0 Å². The third kappa shape index (κ3) is 4.24. The minimum atomic E-state index is 0.602. The molecule has 1 aliphatic heterocycles. The maximum absolute atomic E-state index is 3.60. The van der Waals surface area contributed by atoms with Crippen LogP contribution in [0.15, 0.2) is 0 Å². The Bertz CT molecular complexity index is 233. The fourth-order valence-corrected chi connectivity index (χ4v) is 3.60. The second-order valence-electron chi connectivity index (χ2n) is 7.31. The van der Waals surface area contributed by atoms with Gasteiger partial charge >= 0.3 is 0 Å². The summed E-state index contributed by atoms with van der Waals surface area (Å²) in [6.07, 6.45) is 11.2. The van der Waals surface area contributed by atoms with Crippen LogP contribution in [0, 0.1) is 5.41 Å². The summed E-state index contributed by atoms with van der Waals surface area (Å²) >= 11 is 0. The predicted octanol–water partition coefficient (Wildman–Crippen LogP) is 3.42. The molecule has 0 spiro atoms. The molecule has 1 saturated carbocycles. The van der Waals surface area contributed by atoms with Gasteiger partial charge in [-0.1, -0.05) is 13.8 Å². The standard InChI is InChI=1S/C16H32N2/c1-16(2)10-8-15(9-11-16)18(3)13-5-7-14-6-4-12-17-14/h14-15,17H,4-13H2,1-3H3. The van der Waals surface area contributed by atoms with Crippen molar-refractivity contribution in [2.75, 3.05) is 20.1 Å². The van der Waals surface area contributed by atoms with Crippen LogP contribution in [-0.4, -0.2) is 37.1 Å². The Morgan fingerprint density at radius 1 is 1.17 bits per heavy atom. The largest absolute Gasteiger partial charge is 0.314 e. The van der Waals surface area contributed by atoms with Crippen molar-refractivity contribution >= 4 is 0 Å². The third-order valence-electron chi connectivity index (χ3n) is 5.16. The Labute approximate surface area is 114 Å². The van der Waals surface area contributed by atoms with Gasteiger partial charge in [-0.3, -0.25) is 0 Å². The average Bonchev–Trinajstić information content (AvgIpc) is 2.82. The Morgan fingerprint density at radius 3 is 2.50 bits per heavy atom. The van der Waals surface area contributed by atoms with Crippen molar-refractivity contribution in [1.29, 1.82) is 0 Å². The van der Waals surface area contributed by atoms with E-state index in [1.165, 1.54) is 64.5 Å². The van der Waals surface area contributed by atoms with Crippen LogP contribution >= 0.6 is 0 Å². The minimum Gasteiger partial charge on any atom is -0.314 e. The van der Waals surface area contributed by atoms with E-state index in [0.29, 0.717) is 5.41 Å². The van der Waals surface area contributed by atoms with Crippen LogP contribution in [0.2, 0.25) is 0 Å². The van der Waals surface area contributed by atoms with Gasteiger partial charge in [0, 0.05) is 12.1 Å². The molecule has 1 atom stereocenters. The first kappa shape index (κ1) is 14.3. The van der Waals surface area contributed by atoms with Crippen molar-refractivity contribution in [2.45, 2.75) is 77.3 Å². The highest BCUT2D eigenvalue weighted by Crippen LogP contribution is 2.36. The fourth-order valence-electron chi connectivity index (χ4n) is 3.60. The Morgan fingerprint density at radius 2 is 1.89 bits per heavy atom. The molecule has 2 rings (SSSR count). The second kappa shape index (κ2) is 6.38. The molecule has 2 heteroatoms. The molecule has 0 aromatic rings. The molecular weight excluding hydrogens is 220 g/mol. The fraction of sp³-hybridized carbons (Fsp3) is 1.00. The van der Waals surface area contributed by atoms with Gasteiger partial charge in [-0.25, -0.2) is 0 Å². The highest BCUT2D eigenvalue weighted by Gasteiger charge is 2.28. The first-order valence-corrected chi connectivity index (χ1v) is 8.00. The summed E-state index contributed by atoms with van der Waals surface area (Å²) in [7, 11) is 2.34. The van der Waals surface area contributed by atoms with E-state index in [9.17, 15) is 0 Å². The van der Waals surface area contributed by atoms with Crippen LogP contribution in [0.4, 0.5) is 0 Å². The molecule has 1 N–H and O–H groups in total. The number of nitrogens with one attached hydrogen (secondary N) is 1. The maximum atomic E-state index is 3.60. The zero-order chi connectivity index (χ0) is 13.0. The molecule has 18 heavy (non-hydrogen) atoms. The Kier molecular flexibility index (Phi) is 5.08. The van der Waals surface area contributed by atoms with Crippen LogP contribution in [-0.2, 0) is 0 Å². The lowest BCUT2D eigenvalue weighted by molar-refractivity contribution is 0.125. The van der Waals surface area contributed by atoms with Crippen molar-refractivity contribution in [3.63, 3.8) is 0 Å². The second-order valence-corrected chi connectivity index (χ2v) is 7.31. The normalized spacial score (nSPS) is 29.0. The number of hydrogen-bond donors (Lipinski definition) is 1. The summed E-state index contributed by atoms with van der Waals surface area (Å²) in [5.74, 6) is 0. The van der Waals surface area contributed by atoms with Crippen LogP contribution < -0.4 is 5.32 Å². The summed E-state index contributed by atoms with van der Waals surface area (Å²) in [6.45, 7) is 7.39. The average molecular weight is 252 g/mol. The van der Waals surface area contributed by atoms with Gasteiger partial charge in [0.15, 0.2) is 0 Å². The van der Waals surface area contributed by atoms with E-state index < -0.39 is 0 Å². The molecule has 1 heterocycles. The Balaban J connectivity index is 1.61. The van der Waals surface area contributed by atoms with Gasteiger partial charge in [-0.15, -0.1) is 0 Å². The molecule has 2 fully saturated rings. The van der Waals surface area contributed by atoms with Crippen molar-refractivity contribution < 1.29 is 0 Å². The minimum absolute atomic E-state index is 0.602. The highest BCUT2D eigenvalue weighted by molar-refractivity contribution is 4.83. The molecule has 0 amide bonds. The smallest absolute Gasteiger partial charge is 0.00926 e. The summed E-state index contributed by atoms with van der Waals surface area (Å²) in [6, 6.07) is 1.68. The lowest BCUT2D eigenvalue weighted by atomic mass is 9.75. The summed E-state index contributed by atoms with van der Waals surface area (Å²) in [5, 5.41) is 3.60. The van der Waals surface area contributed by atoms with E-state index in [0.717, 1.165) is 12.1 Å². The molecule has 0 radical (unpaired) electrons. The molecule has 0 aromatic heterocycles. The number of nitrogens with zero attached hydrogens (tertiary/aromatic N) is 1. The number of rotatable bonds is 5. The highest BCUT2D eigenvalue weighted by atomic mass is 15.1. The summed E-state index contributed by atoms with van der Waals surface area (Å²) in [4.78, 5) is 2.63. The lowest BCUT2D eigenvalue weighted by Crippen LogP contribution is -2.38. The Hall–Kier alpha value is -0.0800. The van der Waals surface area contributed by atoms with Crippen molar-refractivity contribution in [3.05, 3.63) is 0 Å². The van der Waals surface area contributed by atoms with Crippen molar-refractivity contribution in [2.24, 2.45) is 5.41 Å². The van der Waals surface area contributed by atoms with Crippen molar-refractivity contribution in [1.82, 2.24) is 10.2 Å². The molecule has 2 nitrogen and oxygen atoms in total. The van der Waals surface area contributed by atoms with Crippen molar-refractivity contribution in [3.8, 4) is 0 Å². The van der Waals surface area contributed by atoms with Crippen LogP contribution in [0.25, 0.3) is 0 Å². The molecule has 106 valence electrons. The van der Waals surface area contributed by atoms with Crippen LogP contribution in [0.1, 0.15) is 65.2 Å². The van der Waals surface area contributed by atoms with E-state index >= 15 is 0 Å². The van der Waals surface area contributed by atoms with Crippen LogP contribution in [0.5, 0.6) is 0 Å². The first-order valence-electron chi connectivity index (χ1n) is 8.00. The summed E-state index contributed by atoms with van der Waals surface area (Å²) in [5.41, 5.74) is 0.602. The van der Waals surface area contributed by atoms with Crippen LogP contribution in [0.3, 0.4) is 0 Å². The van der Waals surface area contributed by atoms with Gasteiger partial charge in [0.05, 0.1) is 0 Å².